The number of anilines is 2. The molecule has 3 aromatic rings. The van der Waals surface area contributed by atoms with Crippen molar-refractivity contribution in [2.75, 3.05) is 43.0 Å². The number of fused-ring (bicyclic) bond motifs is 1. The minimum atomic E-state index is -5.06. The summed E-state index contributed by atoms with van der Waals surface area (Å²) in [4.78, 5) is 24.4. The molecule has 2 fully saturated rings. The number of carbonyl (C=O) groups is 1. The molecule has 1 aromatic heterocycles. The van der Waals surface area contributed by atoms with Crippen molar-refractivity contribution in [2.24, 2.45) is 0 Å². The average Bonchev–Trinajstić information content (AvgIpc) is 3.43. The third kappa shape index (κ3) is 6.13. The molecule has 0 bridgehead atoms. The Morgan fingerprint density at radius 3 is 2.14 bits per heavy atom. The summed E-state index contributed by atoms with van der Waals surface area (Å²) in [7, 11) is 1.40. The molecule has 2 aromatic carbocycles. The summed E-state index contributed by atoms with van der Waals surface area (Å²) in [6.45, 7) is 7.73. The van der Waals surface area contributed by atoms with E-state index in [1.54, 1.807) is 13.0 Å². The third-order valence-electron chi connectivity index (χ3n) is 8.77. The average molecular weight is 623 g/mol. The molecule has 0 radical (unpaired) electrons. The Kier molecular flexibility index (Phi) is 8.19. The maximum atomic E-state index is 14.1. The number of hydrogen-bond acceptors (Lipinski definition) is 4. The number of carbonyl (C=O) groups excluding carboxylic acids is 1. The highest BCUT2D eigenvalue weighted by Crippen LogP contribution is 2.41. The normalized spacial score (nSPS) is 18.0. The SMILES string of the molecule is Cc1cc(F)ccc1-c1cc(N2CCN3CCC[C@@H]3C2)ncc1N(C)C(=O)C(C)(C)c1cc(C(F)(F)F)cc(C(F)(F)F)c1. The van der Waals surface area contributed by atoms with Gasteiger partial charge in [0.1, 0.15) is 11.6 Å². The van der Waals surface area contributed by atoms with Crippen LogP contribution >= 0.6 is 0 Å². The number of halogens is 7. The van der Waals surface area contributed by atoms with Crippen molar-refractivity contribution in [3.63, 3.8) is 0 Å². The van der Waals surface area contributed by atoms with Gasteiger partial charge in [-0.2, -0.15) is 26.3 Å². The molecule has 2 saturated heterocycles. The lowest BCUT2D eigenvalue weighted by molar-refractivity contribution is -0.143. The van der Waals surface area contributed by atoms with Gasteiger partial charge in [-0.05, 0) is 93.2 Å². The second kappa shape index (κ2) is 11.4. The Bertz CT molecular complexity index is 1530. The van der Waals surface area contributed by atoms with Gasteiger partial charge < -0.3 is 9.80 Å². The number of pyridine rings is 1. The Morgan fingerprint density at radius 2 is 1.52 bits per heavy atom. The predicted molar refractivity (Wildman–Crippen MR) is 154 cm³/mol. The Labute approximate surface area is 251 Å². The van der Waals surface area contributed by atoms with Crippen LogP contribution in [0.4, 0.5) is 42.2 Å². The van der Waals surface area contributed by atoms with Crippen LogP contribution in [0.2, 0.25) is 0 Å². The van der Waals surface area contributed by atoms with Crippen molar-refractivity contribution in [3.8, 4) is 11.1 Å². The van der Waals surface area contributed by atoms with Gasteiger partial charge in [-0.15, -0.1) is 0 Å². The maximum absolute atomic E-state index is 14.1. The van der Waals surface area contributed by atoms with Crippen molar-refractivity contribution in [2.45, 2.75) is 57.4 Å². The molecule has 0 saturated carbocycles. The van der Waals surface area contributed by atoms with Crippen LogP contribution in [0.5, 0.6) is 0 Å². The van der Waals surface area contributed by atoms with Gasteiger partial charge in [-0.25, -0.2) is 9.37 Å². The number of hydrogen-bond donors (Lipinski definition) is 0. The van der Waals surface area contributed by atoms with Crippen LogP contribution in [-0.4, -0.2) is 55.1 Å². The van der Waals surface area contributed by atoms with E-state index in [9.17, 15) is 35.5 Å². The van der Waals surface area contributed by atoms with E-state index in [0.717, 1.165) is 39.0 Å². The maximum Gasteiger partial charge on any atom is 0.416 e. The number of amides is 1. The van der Waals surface area contributed by atoms with E-state index in [0.29, 0.717) is 40.7 Å². The van der Waals surface area contributed by atoms with E-state index in [1.165, 1.54) is 44.1 Å². The van der Waals surface area contributed by atoms with Crippen LogP contribution in [0.1, 0.15) is 48.9 Å². The van der Waals surface area contributed by atoms with E-state index in [4.69, 9.17) is 0 Å². The zero-order valence-corrected chi connectivity index (χ0v) is 24.8. The van der Waals surface area contributed by atoms with Crippen LogP contribution < -0.4 is 9.80 Å². The fourth-order valence-corrected chi connectivity index (χ4v) is 6.19. The van der Waals surface area contributed by atoms with E-state index in [1.807, 2.05) is 6.07 Å². The summed E-state index contributed by atoms with van der Waals surface area (Å²) in [5.41, 5.74) is -3.23. The fourth-order valence-electron chi connectivity index (χ4n) is 6.19. The monoisotopic (exact) mass is 622 g/mol. The molecule has 5 nitrogen and oxygen atoms in total. The standard InChI is InChI=1S/C32H33F7N4O/c1-19-12-23(33)7-8-25(19)26-16-28(43-11-10-42-9-5-6-24(42)18-43)40-17-27(26)41(4)29(44)30(2,3)20-13-21(31(34,35)36)15-22(14-20)32(37,38)39/h7-8,12-17,24H,5-6,9-11,18H2,1-4H3/t24-/m1/s1. The predicted octanol–water partition coefficient (Wildman–Crippen LogP) is 7.46. The van der Waals surface area contributed by atoms with Gasteiger partial charge in [-0.1, -0.05) is 6.07 Å². The highest BCUT2D eigenvalue weighted by atomic mass is 19.4. The number of piperazine rings is 1. The quantitative estimate of drug-likeness (QED) is 0.277. The van der Waals surface area contributed by atoms with Crippen molar-refractivity contribution in [3.05, 3.63) is 76.7 Å². The number of nitrogens with zero attached hydrogens (tertiary/aromatic N) is 4. The highest BCUT2D eigenvalue weighted by molar-refractivity contribution is 6.03. The molecule has 2 aliphatic rings. The summed E-state index contributed by atoms with van der Waals surface area (Å²) in [6.07, 6.45) is -6.42. The fraction of sp³-hybridized carbons (Fsp3) is 0.438. The zero-order chi connectivity index (χ0) is 32.2. The lowest BCUT2D eigenvalue weighted by Crippen LogP contribution is -2.50. The first kappa shape index (κ1) is 31.7. The summed E-state index contributed by atoms with van der Waals surface area (Å²) in [5, 5.41) is 0. The summed E-state index contributed by atoms with van der Waals surface area (Å²) < 4.78 is 95.8. The molecule has 44 heavy (non-hydrogen) atoms. The number of rotatable bonds is 5. The Balaban J connectivity index is 1.56. The number of alkyl halides is 6. The Hall–Kier alpha value is -3.67. The first-order chi connectivity index (χ1) is 20.5. The first-order valence-corrected chi connectivity index (χ1v) is 14.3. The Morgan fingerprint density at radius 1 is 0.886 bits per heavy atom. The minimum absolute atomic E-state index is 0.0389. The van der Waals surface area contributed by atoms with Gasteiger partial charge in [-0.3, -0.25) is 9.69 Å². The van der Waals surface area contributed by atoms with E-state index < -0.39 is 46.2 Å². The molecular formula is C32H33F7N4O. The van der Waals surface area contributed by atoms with Gasteiger partial charge in [0.15, 0.2) is 0 Å². The molecule has 236 valence electrons. The van der Waals surface area contributed by atoms with E-state index in [2.05, 4.69) is 14.8 Å². The largest absolute Gasteiger partial charge is 0.416 e. The van der Waals surface area contributed by atoms with Crippen molar-refractivity contribution < 1.29 is 35.5 Å². The lowest BCUT2D eigenvalue weighted by atomic mass is 9.81. The molecular weight excluding hydrogens is 589 g/mol. The van der Waals surface area contributed by atoms with Crippen LogP contribution in [0.3, 0.4) is 0 Å². The third-order valence-corrected chi connectivity index (χ3v) is 8.77. The second-order valence-corrected chi connectivity index (χ2v) is 12.1. The second-order valence-electron chi connectivity index (χ2n) is 12.1. The number of aryl methyl sites for hydroxylation is 1. The highest BCUT2D eigenvalue weighted by Gasteiger charge is 2.41. The number of aromatic nitrogens is 1. The van der Waals surface area contributed by atoms with Gasteiger partial charge in [0.25, 0.3) is 0 Å². The topological polar surface area (TPSA) is 39.7 Å². The van der Waals surface area contributed by atoms with Crippen molar-refractivity contribution in [1.82, 2.24) is 9.88 Å². The summed E-state index contributed by atoms with van der Waals surface area (Å²) in [6, 6.07) is 7.63. The zero-order valence-electron chi connectivity index (χ0n) is 24.8. The van der Waals surface area contributed by atoms with Crippen molar-refractivity contribution >= 4 is 17.4 Å². The first-order valence-electron chi connectivity index (χ1n) is 14.3. The van der Waals surface area contributed by atoms with Crippen molar-refractivity contribution in [1.29, 1.82) is 0 Å². The molecule has 3 heterocycles. The van der Waals surface area contributed by atoms with Crippen LogP contribution in [-0.2, 0) is 22.6 Å². The summed E-state index contributed by atoms with van der Waals surface area (Å²) in [5.74, 6) is -0.540. The number of likely N-dealkylation sites (N-methyl/N-ethyl adjacent to an activating group) is 1. The molecule has 0 unspecified atom stereocenters. The molecule has 1 amide bonds. The van der Waals surface area contributed by atoms with Gasteiger partial charge in [0.05, 0.1) is 28.4 Å². The smallest absolute Gasteiger partial charge is 0.354 e. The molecule has 0 N–H and O–H groups in total. The van der Waals surface area contributed by atoms with Gasteiger partial charge >= 0.3 is 12.4 Å². The molecule has 2 aliphatic heterocycles. The van der Waals surface area contributed by atoms with Crippen LogP contribution in [0.15, 0.2) is 48.7 Å². The van der Waals surface area contributed by atoms with E-state index in [-0.39, 0.29) is 11.8 Å². The molecule has 0 aliphatic carbocycles. The van der Waals surface area contributed by atoms with Crippen LogP contribution in [0, 0.1) is 12.7 Å². The molecule has 5 rings (SSSR count). The van der Waals surface area contributed by atoms with Crippen LogP contribution in [0.25, 0.3) is 11.1 Å². The summed E-state index contributed by atoms with van der Waals surface area (Å²) >= 11 is 0. The molecule has 12 heteroatoms. The van der Waals surface area contributed by atoms with Gasteiger partial charge in [0.2, 0.25) is 5.91 Å². The molecule has 0 spiro atoms. The lowest BCUT2D eigenvalue weighted by Gasteiger charge is -2.38. The van der Waals surface area contributed by atoms with Gasteiger partial charge in [0, 0.05) is 38.3 Å². The molecule has 1 atom stereocenters. The minimum Gasteiger partial charge on any atom is -0.354 e. The van der Waals surface area contributed by atoms with E-state index >= 15 is 0 Å². The number of benzene rings is 2.